The molecule has 1 aromatic heterocycles. The van der Waals surface area contributed by atoms with Crippen LogP contribution in [-0.2, 0) is 11.8 Å². The predicted octanol–water partition coefficient (Wildman–Crippen LogP) is 3.50. The van der Waals surface area contributed by atoms with Gasteiger partial charge in [0.2, 0.25) is 5.91 Å². The van der Waals surface area contributed by atoms with Crippen LogP contribution in [0, 0.1) is 5.92 Å². The number of imidazole rings is 1. The second kappa shape index (κ2) is 8.39. The quantitative estimate of drug-likeness (QED) is 0.847. The largest absolute Gasteiger partial charge is 0.346 e. The van der Waals surface area contributed by atoms with Gasteiger partial charge in [-0.25, -0.2) is 4.98 Å². The van der Waals surface area contributed by atoms with E-state index < -0.39 is 5.54 Å². The number of nitrogens with one attached hydrogen (secondary N) is 1. The summed E-state index contributed by atoms with van der Waals surface area (Å²) < 4.78 is 2.04. The van der Waals surface area contributed by atoms with E-state index in [1.54, 1.807) is 0 Å². The maximum absolute atomic E-state index is 12.7. The smallest absolute Gasteiger partial charge is 0.225 e. The number of para-hydroxylation sites is 2. The molecular formula is C18H28Cl2N4O. The van der Waals surface area contributed by atoms with Gasteiger partial charge < -0.3 is 15.6 Å². The van der Waals surface area contributed by atoms with E-state index >= 15 is 0 Å². The van der Waals surface area contributed by atoms with E-state index in [-0.39, 0.29) is 42.7 Å². The van der Waals surface area contributed by atoms with Gasteiger partial charge in [0.05, 0.1) is 23.0 Å². The third-order valence-electron chi connectivity index (χ3n) is 5.14. The average molecular weight is 387 g/mol. The van der Waals surface area contributed by atoms with Crippen molar-refractivity contribution in [3.63, 3.8) is 0 Å². The number of halogens is 2. The van der Waals surface area contributed by atoms with Gasteiger partial charge in [0, 0.05) is 12.6 Å². The fraction of sp³-hybridized carbons (Fsp3) is 0.556. The van der Waals surface area contributed by atoms with Gasteiger partial charge in [-0.3, -0.25) is 4.79 Å². The Morgan fingerprint density at radius 3 is 2.68 bits per heavy atom. The van der Waals surface area contributed by atoms with Crippen LogP contribution in [0.1, 0.15) is 51.4 Å². The van der Waals surface area contributed by atoms with Gasteiger partial charge in [-0.05, 0) is 38.8 Å². The molecule has 1 aliphatic rings. The Morgan fingerprint density at radius 2 is 2.04 bits per heavy atom. The number of hydrogen-bond donors (Lipinski definition) is 2. The zero-order chi connectivity index (χ0) is 16.6. The number of aromatic nitrogens is 2. The van der Waals surface area contributed by atoms with Gasteiger partial charge in [-0.2, -0.15) is 0 Å². The summed E-state index contributed by atoms with van der Waals surface area (Å²) >= 11 is 0. The van der Waals surface area contributed by atoms with Crippen molar-refractivity contribution in [3.05, 3.63) is 30.1 Å². The molecule has 7 heteroatoms. The Kier molecular flexibility index (Phi) is 7.29. The molecule has 5 nitrogen and oxygen atoms in total. The normalized spacial score (nSPS) is 24.1. The zero-order valence-electron chi connectivity index (χ0n) is 15.0. The molecular weight excluding hydrogens is 359 g/mol. The van der Waals surface area contributed by atoms with Crippen LogP contribution in [0.4, 0.5) is 0 Å². The predicted molar refractivity (Wildman–Crippen MR) is 106 cm³/mol. The van der Waals surface area contributed by atoms with Crippen LogP contribution in [0.3, 0.4) is 0 Å². The van der Waals surface area contributed by atoms with Crippen molar-refractivity contribution in [3.8, 4) is 0 Å². The van der Waals surface area contributed by atoms with Crippen LogP contribution in [0.25, 0.3) is 11.0 Å². The molecule has 1 aliphatic carbocycles. The number of nitrogens with two attached hydrogens (primary N) is 1. The fourth-order valence-electron chi connectivity index (χ4n) is 3.72. The molecule has 0 aliphatic heterocycles. The summed E-state index contributed by atoms with van der Waals surface area (Å²) in [5, 5.41) is 3.12. The van der Waals surface area contributed by atoms with Crippen LogP contribution in [0.15, 0.2) is 24.3 Å². The molecule has 140 valence electrons. The Morgan fingerprint density at radius 1 is 1.36 bits per heavy atom. The number of aryl methyl sites for hydroxylation is 1. The van der Waals surface area contributed by atoms with Crippen LogP contribution in [-0.4, -0.2) is 21.0 Å². The summed E-state index contributed by atoms with van der Waals surface area (Å²) in [5.74, 6) is 0.803. The molecule has 25 heavy (non-hydrogen) atoms. The lowest BCUT2D eigenvalue weighted by atomic mass is 9.74. The van der Waals surface area contributed by atoms with Gasteiger partial charge in [0.1, 0.15) is 5.82 Å². The highest BCUT2D eigenvalue weighted by atomic mass is 35.5. The van der Waals surface area contributed by atoms with Crippen LogP contribution >= 0.6 is 24.8 Å². The zero-order valence-corrected chi connectivity index (χ0v) is 16.6. The van der Waals surface area contributed by atoms with E-state index in [1.807, 2.05) is 49.7 Å². The maximum Gasteiger partial charge on any atom is 0.225 e. The molecule has 1 fully saturated rings. The molecule has 3 rings (SSSR count). The minimum Gasteiger partial charge on any atom is -0.346 e. The Bertz CT molecular complexity index is 729. The highest BCUT2D eigenvalue weighted by Crippen LogP contribution is 2.32. The van der Waals surface area contributed by atoms with Gasteiger partial charge >= 0.3 is 0 Å². The first-order chi connectivity index (χ1) is 10.9. The van der Waals surface area contributed by atoms with E-state index in [1.165, 1.54) is 0 Å². The number of nitrogens with zero attached hydrogens (tertiary/aromatic N) is 2. The lowest BCUT2D eigenvalue weighted by Gasteiger charge is -2.37. The van der Waals surface area contributed by atoms with Crippen molar-refractivity contribution >= 4 is 41.8 Å². The number of fused-ring (bicyclic) bond motifs is 1. The molecule has 1 aromatic carbocycles. The first-order valence-corrected chi connectivity index (χ1v) is 8.41. The molecule has 0 saturated heterocycles. The summed E-state index contributed by atoms with van der Waals surface area (Å²) in [6, 6.07) is 7.87. The molecule has 3 unspecified atom stereocenters. The maximum atomic E-state index is 12.7. The molecule has 1 saturated carbocycles. The minimum absolute atomic E-state index is 0. The molecule has 0 spiro atoms. The molecule has 1 heterocycles. The number of amides is 1. The highest BCUT2D eigenvalue weighted by Gasteiger charge is 2.38. The van der Waals surface area contributed by atoms with E-state index in [4.69, 9.17) is 5.73 Å². The third kappa shape index (κ3) is 4.27. The molecule has 0 radical (unpaired) electrons. The van der Waals surface area contributed by atoms with Crippen molar-refractivity contribution in [1.82, 2.24) is 14.9 Å². The summed E-state index contributed by atoms with van der Waals surface area (Å²) in [5.41, 5.74) is 7.96. The van der Waals surface area contributed by atoms with Crippen molar-refractivity contribution in [2.24, 2.45) is 18.7 Å². The van der Waals surface area contributed by atoms with Crippen molar-refractivity contribution in [2.75, 3.05) is 0 Å². The van der Waals surface area contributed by atoms with Gasteiger partial charge in [0.15, 0.2) is 0 Å². The average Bonchev–Trinajstić information content (AvgIpc) is 2.84. The number of carbonyl (C=O) groups excluding carboxylic acids is 1. The lowest BCUT2D eigenvalue weighted by Crippen LogP contribution is -2.53. The van der Waals surface area contributed by atoms with E-state index in [0.29, 0.717) is 0 Å². The highest BCUT2D eigenvalue weighted by molar-refractivity contribution is 5.85. The van der Waals surface area contributed by atoms with Gasteiger partial charge in [-0.1, -0.05) is 25.0 Å². The SMILES string of the molecule is CC(NC(=O)C1CCCCC1(C)N)c1nc2ccccc2n1C.Cl.Cl. The number of rotatable bonds is 3. The number of benzene rings is 1. The second-order valence-electron chi connectivity index (χ2n) is 7.05. The van der Waals surface area contributed by atoms with Gasteiger partial charge in [0.25, 0.3) is 0 Å². The van der Waals surface area contributed by atoms with E-state index in [2.05, 4.69) is 10.3 Å². The lowest BCUT2D eigenvalue weighted by molar-refractivity contribution is -0.128. The first-order valence-electron chi connectivity index (χ1n) is 8.41. The third-order valence-corrected chi connectivity index (χ3v) is 5.14. The van der Waals surface area contributed by atoms with Crippen LogP contribution in [0.2, 0.25) is 0 Å². The second-order valence-corrected chi connectivity index (χ2v) is 7.05. The molecule has 3 N–H and O–H groups in total. The van der Waals surface area contributed by atoms with Crippen molar-refractivity contribution in [1.29, 1.82) is 0 Å². The summed E-state index contributed by atoms with van der Waals surface area (Å²) in [4.78, 5) is 17.4. The van der Waals surface area contributed by atoms with Gasteiger partial charge in [-0.15, -0.1) is 24.8 Å². The monoisotopic (exact) mass is 386 g/mol. The Labute approximate surface area is 161 Å². The fourth-order valence-corrected chi connectivity index (χ4v) is 3.72. The van der Waals surface area contributed by atoms with Crippen LogP contribution in [0.5, 0.6) is 0 Å². The number of hydrogen-bond acceptors (Lipinski definition) is 3. The van der Waals surface area contributed by atoms with Crippen LogP contribution < -0.4 is 11.1 Å². The molecule has 3 atom stereocenters. The summed E-state index contributed by atoms with van der Waals surface area (Å²) in [6.07, 6.45) is 3.96. The standard InChI is InChI=1S/C18H26N4O.2ClH/c1-12(16-21-14-9-4-5-10-15(14)22(16)3)20-17(23)13-8-6-7-11-18(13,2)19;;/h4-5,9-10,12-13H,6-8,11,19H2,1-3H3,(H,20,23);2*1H. The first kappa shape index (κ1) is 21.7. The molecule has 0 bridgehead atoms. The van der Waals surface area contributed by atoms with Crippen molar-refractivity contribution in [2.45, 2.75) is 51.1 Å². The molecule has 2 aromatic rings. The van der Waals surface area contributed by atoms with E-state index in [0.717, 1.165) is 42.5 Å². The minimum atomic E-state index is -0.408. The summed E-state index contributed by atoms with van der Waals surface area (Å²) in [7, 11) is 1.99. The number of carbonyl (C=O) groups is 1. The van der Waals surface area contributed by atoms with Crippen molar-refractivity contribution < 1.29 is 4.79 Å². The molecule has 1 amide bonds. The topological polar surface area (TPSA) is 72.9 Å². The van der Waals surface area contributed by atoms with E-state index in [9.17, 15) is 4.79 Å². The summed E-state index contributed by atoms with van der Waals surface area (Å²) in [6.45, 7) is 3.98. The Hall–Kier alpha value is -1.30. The Balaban J connectivity index is 0.00000156.